The number of para-hydroxylation sites is 2. The molecular formula is C75H64N6. The highest BCUT2D eigenvalue weighted by Crippen LogP contribution is 2.42. The lowest BCUT2D eigenvalue weighted by molar-refractivity contribution is 0.590. The summed E-state index contributed by atoms with van der Waals surface area (Å²) < 4.78 is 7.05. The van der Waals surface area contributed by atoms with E-state index in [9.17, 15) is 0 Å². The molecule has 14 aromatic rings. The summed E-state index contributed by atoms with van der Waals surface area (Å²) in [6.45, 7) is 22.3. The molecule has 0 N–H and O–H groups in total. The molecule has 4 aromatic heterocycles. The number of nitrogens with zero attached hydrogens (tertiary/aromatic N) is 6. The van der Waals surface area contributed by atoms with E-state index < -0.39 is 0 Å². The van der Waals surface area contributed by atoms with Crippen molar-refractivity contribution in [3.63, 3.8) is 0 Å². The lowest BCUT2D eigenvalue weighted by atomic mass is 9.85. The summed E-state index contributed by atoms with van der Waals surface area (Å²) in [5.74, 6) is 1.68. The zero-order valence-electron chi connectivity index (χ0n) is 47.8. The second-order valence-corrected chi connectivity index (χ2v) is 24.5. The van der Waals surface area contributed by atoms with Crippen molar-refractivity contribution in [1.82, 2.24) is 28.7 Å². The van der Waals surface area contributed by atoms with Gasteiger partial charge in [0.2, 0.25) is 5.95 Å². The average molecular weight is 1050 g/mol. The van der Waals surface area contributed by atoms with Crippen LogP contribution >= 0.6 is 0 Å². The van der Waals surface area contributed by atoms with Crippen LogP contribution in [0, 0.1) is 27.7 Å². The largest absolute Gasteiger partial charge is 0.309 e. The Balaban J connectivity index is 1.06. The van der Waals surface area contributed by atoms with Crippen molar-refractivity contribution in [2.45, 2.75) is 80.1 Å². The summed E-state index contributed by atoms with van der Waals surface area (Å²) in [5.41, 5.74) is 22.5. The minimum absolute atomic E-state index is 0.00181. The number of hydrogen-bond donors (Lipinski definition) is 0. The first kappa shape index (κ1) is 49.9. The third-order valence-corrected chi connectivity index (χ3v) is 16.7. The average Bonchev–Trinajstić information content (AvgIpc) is 4.32. The molecule has 0 saturated carbocycles. The second kappa shape index (κ2) is 18.6. The lowest BCUT2D eigenvalue weighted by Crippen LogP contribution is -2.10. The standard InChI is InChI=1S/C75H64N6/c1-45-22-32-65-57(38-45)58-39-46(2)23-33-66(58)79(65)63-20-13-11-18-55(63)71-76-72(56-19-12-14-21-64(56)80-67-34-24-47(3)40-59(67)60-41-48(4)25-35-68(60)80)78-73(77-71)81-69-36-28-51(49-26-30-53(31-27-49)74(5,6)7)43-61(69)62-44-52(29-37-70(62)81)50-16-15-17-54(42-50)75(8,9)10/h11-44H,1-10H3. The molecule has 0 bridgehead atoms. The summed E-state index contributed by atoms with van der Waals surface area (Å²) in [5, 5.41) is 7.09. The minimum Gasteiger partial charge on any atom is -0.309 e. The number of hydrogen-bond acceptors (Lipinski definition) is 3. The molecule has 0 unspecified atom stereocenters. The topological polar surface area (TPSA) is 53.5 Å². The van der Waals surface area contributed by atoms with Crippen molar-refractivity contribution < 1.29 is 0 Å². The van der Waals surface area contributed by atoms with E-state index in [1.165, 1.54) is 66.1 Å². The maximum absolute atomic E-state index is 5.70. The molecular weight excluding hydrogens is 985 g/mol. The van der Waals surface area contributed by atoms with Gasteiger partial charge in [0.1, 0.15) is 0 Å². The molecule has 0 fully saturated rings. The number of benzene rings is 10. The molecule has 0 spiro atoms. The first-order chi connectivity index (χ1) is 39.0. The number of aryl methyl sites for hydroxylation is 4. The molecule has 0 aliphatic carbocycles. The maximum Gasteiger partial charge on any atom is 0.238 e. The van der Waals surface area contributed by atoms with Crippen LogP contribution in [-0.4, -0.2) is 28.7 Å². The van der Waals surface area contributed by atoms with Gasteiger partial charge in [-0.3, -0.25) is 4.57 Å². The molecule has 0 amide bonds. The van der Waals surface area contributed by atoms with Gasteiger partial charge in [-0.05, 0) is 169 Å². The first-order valence-electron chi connectivity index (χ1n) is 28.3. The number of rotatable bonds is 7. The molecule has 14 rings (SSSR count). The molecule has 81 heavy (non-hydrogen) atoms. The van der Waals surface area contributed by atoms with Gasteiger partial charge in [0.15, 0.2) is 11.6 Å². The van der Waals surface area contributed by atoms with Crippen LogP contribution in [0.4, 0.5) is 0 Å². The molecule has 0 aliphatic rings. The lowest BCUT2D eigenvalue weighted by Gasteiger charge is -2.20. The Morgan fingerprint density at radius 2 is 0.642 bits per heavy atom. The fourth-order valence-corrected chi connectivity index (χ4v) is 12.4. The summed E-state index contributed by atoms with van der Waals surface area (Å²) >= 11 is 0. The van der Waals surface area contributed by atoms with E-state index in [2.05, 4.69) is 289 Å². The van der Waals surface area contributed by atoms with Crippen molar-refractivity contribution in [1.29, 1.82) is 0 Å². The van der Waals surface area contributed by atoms with Crippen LogP contribution in [0.3, 0.4) is 0 Å². The highest BCUT2D eigenvalue weighted by Gasteiger charge is 2.25. The van der Waals surface area contributed by atoms with Crippen molar-refractivity contribution in [3.8, 4) is 62.4 Å². The molecule has 10 aromatic carbocycles. The van der Waals surface area contributed by atoms with Gasteiger partial charge in [0, 0.05) is 43.4 Å². The van der Waals surface area contributed by atoms with E-state index in [4.69, 9.17) is 15.0 Å². The Labute approximate surface area is 473 Å². The molecule has 0 saturated heterocycles. The fourth-order valence-electron chi connectivity index (χ4n) is 12.4. The first-order valence-corrected chi connectivity index (χ1v) is 28.3. The Morgan fingerprint density at radius 1 is 0.284 bits per heavy atom. The van der Waals surface area contributed by atoms with E-state index >= 15 is 0 Å². The normalized spacial score (nSPS) is 12.3. The van der Waals surface area contributed by atoms with Crippen LogP contribution < -0.4 is 0 Å². The maximum atomic E-state index is 5.70. The van der Waals surface area contributed by atoms with Gasteiger partial charge in [0.05, 0.1) is 44.5 Å². The van der Waals surface area contributed by atoms with Gasteiger partial charge >= 0.3 is 0 Å². The van der Waals surface area contributed by atoms with Crippen molar-refractivity contribution in [3.05, 3.63) is 240 Å². The van der Waals surface area contributed by atoms with Crippen LogP contribution in [0.2, 0.25) is 0 Å². The molecule has 0 aliphatic heterocycles. The fraction of sp³-hybridized carbons (Fsp3) is 0.160. The molecule has 0 atom stereocenters. The third kappa shape index (κ3) is 8.43. The second-order valence-electron chi connectivity index (χ2n) is 24.5. The molecule has 0 radical (unpaired) electrons. The molecule has 4 heterocycles. The van der Waals surface area contributed by atoms with E-state index in [0.717, 1.165) is 77.5 Å². The summed E-state index contributed by atoms with van der Waals surface area (Å²) in [6.07, 6.45) is 0. The number of fused-ring (bicyclic) bond motifs is 9. The molecule has 6 nitrogen and oxygen atoms in total. The van der Waals surface area contributed by atoms with Gasteiger partial charge in [0.25, 0.3) is 0 Å². The Kier molecular flexibility index (Phi) is 11.5. The monoisotopic (exact) mass is 1050 g/mol. The van der Waals surface area contributed by atoms with Gasteiger partial charge < -0.3 is 9.13 Å². The van der Waals surface area contributed by atoms with Crippen LogP contribution in [-0.2, 0) is 10.8 Å². The molecule has 394 valence electrons. The Hall–Kier alpha value is -9.39. The van der Waals surface area contributed by atoms with Crippen molar-refractivity contribution >= 4 is 65.4 Å². The van der Waals surface area contributed by atoms with E-state index in [-0.39, 0.29) is 10.8 Å². The van der Waals surface area contributed by atoms with Gasteiger partial charge in [-0.25, -0.2) is 4.98 Å². The number of aromatic nitrogens is 6. The van der Waals surface area contributed by atoms with Crippen LogP contribution in [0.5, 0.6) is 0 Å². The quantitative estimate of drug-likeness (QED) is 0.160. The Bertz CT molecular complexity index is 4570. The SMILES string of the molecule is Cc1ccc2c(c1)c1cc(C)ccc1n2-c1ccccc1-c1nc(-c2ccccc2-n2c3ccc(C)cc3c3cc(C)ccc32)nc(-n2c3ccc(-c4ccc(C(C)(C)C)cc4)cc3c3cc(-c4cccc(C(C)(C)C)c4)ccc32)n1. The van der Waals surface area contributed by atoms with Gasteiger partial charge in [-0.15, -0.1) is 0 Å². The van der Waals surface area contributed by atoms with Crippen LogP contribution in [0.25, 0.3) is 128 Å². The highest BCUT2D eigenvalue weighted by atomic mass is 15.2. The minimum atomic E-state index is -0.00181. The zero-order valence-corrected chi connectivity index (χ0v) is 47.8. The zero-order chi connectivity index (χ0) is 55.6. The highest BCUT2D eigenvalue weighted by molar-refractivity contribution is 6.13. The van der Waals surface area contributed by atoms with E-state index in [0.29, 0.717) is 17.6 Å². The predicted molar refractivity (Wildman–Crippen MR) is 341 cm³/mol. The molecule has 6 heteroatoms. The van der Waals surface area contributed by atoms with Gasteiger partial charge in [-0.2, -0.15) is 9.97 Å². The summed E-state index contributed by atoms with van der Waals surface area (Å²) in [4.78, 5) is 17.1. The van der Waals surface area contributed by atoms with E-state index in [1.54, 1.807) is 0 Å². The van der Waals surface area contributed by atoms with Crippen molar-refractivity contribution in [2.24, 2.45) is 0 Å². The smallest absolute Gasteiger partial charge is 0.238 e. The van der Waals surface area contributed by atoms with Crippen LogP contribution in [0.1, 0.15) is 74.9 Å². The predicted octanol–water partition coefficient (Wildman–Crippen LogP) is 19.7. The Morgan fingerprint density at radius 3 is 1.07 bits per heavy atom. The third-order valence-electron chi connectivity index (χ3n) is 16.7. The van der Waals surface area contributed by atoms with Crippen LogP contribution in [0.15, 0.2) is 206 Å². The van der Waals surface area contributed by atoms with Gasteiger partial charge in [-0.1, -0.05) is 173 Å². The summed E-state index contributed by atoms with van der Waals surface area (Å²) in [6, 6.07) is 76.2. The van der Waals surface area contributed by atoms with E-state index in [1.807, 2.05) is 0 Å². The summed E-state index contributed by atoms with van der Waals surface area (Å²) in [7, 11) is 0. The van der Waals surface area contributed by atoms with Crippen molar-refractivity contribution in [2.75, 3.05) is 0 Å².